The Balaban J connectivity index is 2.84. The first-order valence-electron chi connectivity index (χ1n) is 6.45. The van der Waals surface area contributed by atoms with E-state index in [0.29, 0.717) is 12.0 Å². The Bertz CT molecular complexity index is 392. The molecule has 17 heavy (non-hydrogen) atoms. The summed E-state index contributed by atoms with van der Waals surface area (Å²) < 4.78 is 3.57. The van der Waals surface area contributed by atoms with Crippen molar-refractivity contribution in [1.29, 1.82) is 0 Å². The van der Waals surface area contributed by atoms with Crippen molar-refractivity contribution in [3.05, 3.63) is 22.9 Å². The van der Waals surface area contributed by atoms with Crippen LogP contribution in [0.5, 0.6) is 0 Å². The molecule has 0 saturated carbocycles. The van der Waals surface area contributed by atoms with Gasteiger partial charge in [0, 0.05) is 31.0 Å². The normalized spacial score (nSPS) is 15.2. The van der Waals surface area contributed by atoms with Gasteiger partial charge < -0.3 is 5.32 Å². The topological polar surface area (TPSA) is 39.0 Å². The third kappa shape index (κ3) is 3.22. The average molecular weight is 239 g/mol. The lowest BCUT2D eigenvalue weighted by molar-refractivity contribution is 0.342. The van der Waals surface area contributed by atoms with E-state index in [4.69, 9.17) is 0 Å². The Hall–Kier alpha value is -1.03. The van der Waals surface area contributed by atoms with Crippen molar-refractivity contribution in [1.82, 2.24) is 14.5 Å². The van der Waals surface area contributed by atoms with Crippen LogP contribution in [0.15, 0.2) is 17.2 Å². The van der Waals surface area contributed by atoms with E-state index in [1.165, 1.54) is 0 Å². The minimum Gasteiger partial charge on any atom is -0.315 e. The van der Waals surface area contributed by atoms with Crippen molar-refractivity contribution < 1.29 is 0 Å². The fraction of sp³-hybridized carbons (Fsp3) is 0.769. The van der Waals surface area contributed by atoms with Crippen LogP contribution in [0, 0.1) is 5.92 Å². The average Bonchev–Trinajstić information content (AvgIpc) is 2.66. The quantitative estimate of drug-likeness (QED) is 0.823. The molecule has 0 saturated heterocycles. The van der Waals surface area contributed by atoms with Gasteiger partial charge in [-0.15, -0.1) is 0 Å². The number of aromatic nitrogens is 2. The summed E-state index contributed by atoms with van der Waals surface area (Å²) in [7, 11) is 1.96. The van der Waals surface area contributed by atoms with Crippen LogP contribution in [0.2, 0.25) is 0 Å². The lowest BCUT2D eigenvalue weighted by Gasteiger charge is -2.22. The van der Waals surface area contributed by atoms with E-state index < -0.39 is 0 Å². The summed E-state index contributed by atoms with van der Waals surface area (Å²) in [5.74, 6) is 0.564. The van der Waals surface area contributed by atoms with E-state index in [0.717, 1.165) is 13.0 Å². The molecule has 1 rings (SSSR count). The monoisotopic (exact) mass is 239 g/mol. The number of hydrogen-bond acceptors (Lipinski definition) is 2. The molecule has 4 nitrogen and oxygen atoms in total. The molecule has 1 aromatic heterocycles. The van der Waals surface area contributed by atoms with Crippen LogP contribution in [0.3, 0.4) is 0 Å². The molecule has 0 aromatic carbocycles. The third-order valence-electron chi connectivity index (χ3n) is 3.53. The molecule has 2 atom stereocenters. The van der Waals surface area contributed by atoms with Gasteiger partial charge in [-0.1, -0.05) is 20.3 Å². The standard InChI is InChI=1S/C13H25N3O/c1-6-11(4)12(14-5)9-15-7-8-16(10(2)3)13(15)17/h7-8,10-12,14H,6,9H2,1-5H3. The molecular formula is C13H25N3O. The molecule has 0 aliphatic heterocycles. The van der Waals surface area contributed by atoms with Gasteiger partial charge in [-0.3, -0.25) is 9.13 Å². The molecule has 0 aliphatic rings. The van der Waals surface area contributed by atoms with Crippen molar-refractivity contribution in [2.24, 2.45) is 5.92 Å². The summed E-state index contributed by atoms with van der Waals surface area (Å²) in [4.78, 5) is 12.1. The molecule has 4 heteroatoms. The van der Waals surface area contributed by atoms with Crippen molar-refractivity contribution in [3.63, 3.8) is 0 Å². The fourth-order valence-corrected chi connectivity index (χ4v) is 2.01. The summed E-state index contributed by atoms with van der Waals surface area (Å²) in [5, 5.41) is 3.30. The molecular weight excluding hydrogens is 214 g/mol. The highest BCUT2D eigenvalue weighted by Gasteiger charge is 2.16. The number of rotatable bonds is 6. The summed E-state index contributed by atoms with van der Waals surface area (Å²) in [6.45, 7) is 9.18. The molecule has 0 radical (unpaired) electrons. The van der Waals surface area contributed by atoms with E-state index in [9.17, 15) is 4.79 Å². The molecule has 0 fully saturated rings. The first-order valence-corrected chi connectivity index (χ1v) is 6.45. The molecule has 2 unspecified atom stereocenters. The highest BCUT2D eigenvalue weighted by atomic mass is 16.1. The lowest BCUT2D eigenvalue weighted by atomic mass is 9.99. The Labute approximate surface area is 104 Å². The van der Waals surface area contributed by atoms with E-state index in [-0.39, 0.29) is 11.7 Å². The van der Waals surface area contributed by atoms with Gasteiger partial charge in [-0.25, -0.2) is 4.79 Å². The Morgan fingerprint density at radius 2 is 1.94 bits per heavy atom. The minimum absolute atomic E-state index is 0.0866. The number of nitrogens with zero attached hydrogens (tertiary/aromatic N) is 2. The largest absolute Gasteiger partial charge is 0.328 e. The van der Waals surface area contributed by atoms with Crippen LogP contribution in [-0.4, -0.2) is 22.2 Å². The van der Waals surface area contributed by atoms with E-state index in [2.05, 4.69) is 19.2 Å². The van der Waals surface area contributed by atoms with Gasteiger partial charge in [0.15, 0.2) is 0 Å². The molecule has 1 aromatic rings. The van der Waals surface area contributed by atoms with E-state index >= 15 is 0 Å². The Kier molecular flexibility index (Phi) is 5.00. The SMILES string of the molecule is CCC(C)C(Cn1ccn(C(C)C)c1=O)NC. The van der Waals surface area contributed by atoms with Gasteiger partial charge in [0.1, 0.15) is 0 Å². The minimum atomic E-state index is 0.0866. The van der Waals surface area contributed by atoms with Gasteiger partial charge >= 0.3 is 5.69 Å². The first-order chi connectivity index (χ1) is 8.01. The molecule has 0 amide bonds. The second-order valence-corrected chi connectivity index (χ2v) is 5.01. The number of nitrogens with one attached hydrogen (secondary N) is 1. The van der Waals surface area contributed by atoms with Crippen molar-refractivity contribution in [2.45, 2.75) is 52.7 Å². The second kappa shape index (κ2) is 6.05. The predicted octanol–water partition coefficient (Wildman–Crippen LogP) is 1.86. The molecule has 0 aliphatic carbocycles. The lowest BCUT2D eigenvalue weighted by Crippen LogP contribution is -2.39. The van der Waals surface area contributed by atoms with Gasteiger partial charge in [0.05, 0.1) is 0 Å². The van der Waals surface area contributed by atoms with Crippen LogP contribution in [-0.2, 0) is 6.54 Å². The highest BCUT2D eigenvalue weighted by molar-refractivity contribution is 4.86. The Morgan fingerprint density at radius 1 is 1.29 bits per heavy atom. The summed E-state index contributed by atoms with van der Waals surface area (Å²) in [5.41, 5.74) is 0.0866. The maximum atomic E-state index is 12.1. The zero-order valence-electron chi connectivity index (χ0n) is 11.6. The Morgan fingerprint density at radius 3 is 2.35 bits per heavy atom. The summed E-state index contributed by atoms with van der Waals surface area (Å²) >= 11 is 0. The predicted molar refractivity (Wildman–Crippen MR) is 71.4 cm³/mol. The first kappa shape index (κ1) is 14.0. The fourth-order valence-electron chi connectivity index (χ4n) is 2.01. The van der Waals surface area contributed by atoms with Gasteiger partial charge in [-0.2, -0.15) is 0 Å². The molecule has 1 heterocycles. The van der Waals surface area contributed by atoms with Crippen LogP contribution < -0.4 is 11.0 Å². The van der Waals surface area contributed by atoms with Crippen LogP contribution in [0.1, 0.15) is 40.2 Å². The smallest absolute Gasteiger partial charge is 0.315 e. The van der Waals surface area contributed by atoms with Crippen LogP contribution >= 0.6 is 0 Å². The maximum Gasteiger partial charge on any atom is 0.328 e. The number of likely N-dealkylation sites (N-methyl/N-ethyl adjacent to an activating group) is 1. The van der Waals surface area contributed by atoms with Gasteiger partial charge in [0.25, 0.3) is 0 Å². The highest BCUT2D eigenvalue weighted by Crippen LogP contribution is 2.09. The third-order valence-corrected chi connectivity index (χ3v) is 3.53. The van der Waals surface area contributed by atoms with E-state index in [1.54, 1.807) is 9.13 Å². The molecule has 0 bridgehead atoms. The molecule has 98 valence electrons. The van der Waals surface area contributed by atoms with Crippen molar-refractivity contribution in [3.8, 4) is 0 Å². The second-order valence-electron chi connectivity index (χ2n) is 5.01. The summed E-state index contributed by atoms with van der Waals surface area (Å²) in [6, 6.07) is 0.570. The number of hydrogen-bond donors (Lipinski definition) is 1. The van der Waals surface area contributed by atoms with Crippen LogP contribution in [0.25, 0.3) is 0 Å². The number of imidazole rings is 1. The van der Waals surface area contributed by atoms with Crippen LogP contribution in [0.4, 0.5) is 0 Å². The maximum absolute atomic E-state index is 12.1. The zero-order valence-corrected chi connectivity index (χ0v) is 11.6. The van der Waals surface area contributed by atoms with Gasteiger partial charge in [-0.05, 0) is 26.8 Å². The van der Waals surface area contributed by atoms with Crippen molar-refractivity contribution >= 4 is 0 Å². The van der Waals surface area contributed by atoms with Crippen molar-refractivity contribution in [2.75, 3.05) is 7.05 Å². The summed E-state index contributed by atoms with van der Waals surface area (Å²) in [6.07, 6.45) is 4.87. The van der Waals surface area contributed by atoms with Gasteiger partial charge in [0.2, 0.25) is 0 Å². The molecule has 1 N–H and O–H groups in total. The van der Waals surface area contributed by atoms with E-state index in [1.807, 2.05) is 33.3 Å². The molecule has 0 spiro atoms. The zero-order chi connectivity index (χ0) is 13.0.